The molecule has 0 amide bonds. The zero-order chi connectivity index (χ0) is 27.0. The van der Waals surface area contributed by atoms with Gasteiger partial charge in [-0.2, -0.15) is 0 Å². The number of aliphatic hydroxyl groups is 1. The van der Waals surface area contributed by atoms with Gasteiger partial charge in [-0.25, -0.2) is 4.79 Å². The number of hydrogen-bond donors (Lipinski definition) is 1. The van der Waals surface area contributed by atoms with Crippen molar-refractivity contribution in [2.45, 2.75) is 97.4 Å². The van der Waals surface area contributed by atoms with Crippen LogP contribution in [0.15, 0.2) is 0 Å². The fourth-order valence-corrected chi connectivity index (χ4v) is 10.1. The summed E-state index contributed by atoms with van der Waals surface area (Å²) >= 11 is 0. The van der Waals surface area contributed by atoms with Gasteiger partial charge in [0, 0.05) is 14.2 Å². The van der Waals surface area contributed by atoms with Gasteiger partial charge < -0.3 is 28.8 Å². The number of rotatable bonds is 10. The van der Waals surface area contributed by atoms with E-state index in [9.17, 15) is 9.90 Å². The lowest BCUT2D eigenvalue weighted by Gasteiger charge is -2.65. The first kappa shape index (κ1) is 29.3. The Kier molecular flexibility index (Phi) is 9.32. The molecule has 0 aromatic rings. The Hall–Kier alpha value is -0.730. The first-order valence-electron chi connectivity index (χ1n) is 14.6. The van der Waals surface area contributed by atoms with Crippen molar-refractivity contribution in [1.82, 2.24) is 0 Å². The second-order valence-electron chi connectivity index (χ2n) is 13.0. The number of methoxy groups -OCH3 is 3. The van der Waals surface area contributed by atoms with Crippen molar-refractivity contribution in [2.75, 3.05) is 34.9 Å². The zero-order valence-electron chi connectivity index (χ0n) is 24.2. The molecule has 4 saturated carbocycles. The van der Waals surface area contributed by atoms with Crippen LogP contribution in [0.3, 0.4) is 0 Å². The highest BCUT2D eigenvalue weighted by Gasteiger charge is 2.65. The Morgan fingerprint density at radius 2 is 1.57 bits per heavy atom. The molecule has 0 bridgehead atoms. The minimum Gasteiger partial charge on any atom is -0.467 e. The lowest BCUT2D eigenvalue weighted by molar-refractivity contribution is -0.240. The maximum Gasteiger partial charge on any atom is 0.334 e. The van der Waals surface area contributed by atoms with Crippen LogP contribution in [0.5, 0.6) is 0 Å². The highest BCUT2D eigenvalue weighted by molar-refractivity contribution is 5.74. The van der Waals surface area contributed by atoms with Gasteiger partial charge in [-0.15, -0.1) is 0 Å². The number of carbonyl (C=O) groups excluding carboxylic acids is 1. The number of carbonyl (C=O) groups is 1. The molecule has 4 fully saturated rings. The van der Waals surface area contributed by atoms with Crippen molar-refractivity contribution in [2.24, 2.45) is 52.3 Å². The van der Waals surface area contributed by atoms with E-state index in [1.165, 1.54) is 20.0 Å². The third kappa shape index (κ3) is 5.01. The van der Waals surface area contributed by atoms with Crippen LogP contribution in [0.1, 0.15) is 79.1 Å². The summed E-state index contributed by atoms with van der Waals surface area (Å²) in [6.07, 6.45) is 8.25. The van der Waals surface area contributed by atoms with Gasteiger partial charge in [0.05, 0.1) is 19.3 Å². The van der Waals surface area contributed by atoms with Crippen molar-refractivity contribution in [3.05, 3.63) is 0 Å². The number of fused-ring (bicyclic) bond motifs is 5. The summed E-state index contributed by atoms with van der Waals surface area (Å²) in [4.78, 5) is 12.2. The van der Waals surface area contributed by atoms with Crippen molar-refractivity contribution in [1.29, 1.82) is 0 Å². The highest BCUT2D eigenvalue weighted by Crippen LogP contribution is 2.70. The standard InChI is InChI=1S/C30H52O7/c1-8-20-24-15-19(36-16-33-5)11-13-30(24,4)23-12-14-29(3)21(18(2)26(31)28(32)35-7)9-10-22(29)25(23)27(20)37-17-34-6/h18-27,31H,8-17H2,1-7H3/t18-,19+,20+,21+,22?,23?,24-,25?,26?,27+,29+,30+/m0/s1. The van der Waals surface area contributed by atoms with E-state index in [0.29, 0.717) is 49.1 Å². The third-order valence-corrected chi connectivity index (χ3v) is 11.8. The van der Waals surface area contributed by atoms with Gasteiger partial charge in [0.15, 0.2) is 6.10 Å². The number of aliphatic hydroxyl groups excluding tert-OH is 1. The molecule has 12 atom stereocenters. The molecule has 4 unspecified atom stereocenters. The van der Waals surface area contributed by atoms with Crippen molar-refractivity contribution < 1.29 is 33.6 Å². The Labute approximate surface area is 224 Å². The van der Waals surface area contributed by atoms with Crippen LogP contribution in [0.25, 0.3) is 0 Å². The zero-order valence-corrected chi connectivity index (χ0v) is 24.2. The Bertz CT molecular complexity index is 775. The predicted molar refractivity (Wildman–Crippen MR) is 140 cm³/mol. The lowest BCUT2D eigenvalue weighted by Crippen LogP contribution is -2.63. The van der Waals surface area contributed by atoms with E-state index in [4.69, 9.17) is 23.7 Å². The number of hydrogen-bond acceptors (Lipinski definition) is 7. The van der Waals surface area contributed by atoms with E-state index in [1.54, 1.807) is 14.2 Å². The molecule has 0 heterocycles. The predicted octanol–water partition coefficient (Wildman–Crippen LogP) is 5.04. The highest BCUT2D eigenvalue weighted by atomic mass is 16.7. The van der Waals surface area contributed by atoms with Gasteiger partial charge >= 0.3 is 5.97 Å². The van der Waals surface area contributed by atoms with Crippen LogP contribution in [0, 0.1) is 52.3 Å². The SMILES string of the molecule is CC[C@H]1[C@@H](OCOC)C2C3CC[C@H]([C@H](C)C(O)C(=O)OC)[C@@]3(C)CCC2[C@@]2(C)CC[C@@H](OCOC)C[C@@H]12. The van der Waals surface area contributed by atoms with E-state index in [2.05, 4.69) is 20.8 Å². The van der Waals surface area contributed by atoms with E-state index >= 15 is 0 Å². The summed E-state index contributed by atoms with van der Waals surface area (Å²) in [5.74, 6) is 2.24. The van der Waals surface area contributed by atoms with E-state index in [-0.39, 0.29) is 29.0 Å². The summed E-state index contributed by atoms with van der Waals surface area (Å²) in [7, 11) is 4.77. The van der Waals surface area contributed by atoms with Gasteiger partial charge in [0.25, 0.3) is 0 Å². The van der Waals surface area contributed by atoms with Crippen molar-refractivity contribution in [3.8, 4) is 0 Å². The molecule has 4 aliphatic carbocycles. The van der Waals surface area contributed by atoms with Crippen LogP contribution in [-0.4, -0.2) is 64.3 Å². The molecule has 4 aliphatic rings. The van der Waals surface area contributed by atoms with Crippen molar-refractivity contribution in [3.63, 3.8) is 0 Å². The molecule has 0 spiro atoms. The van der Waals surface area contributed by atoms with E-state index < -0.39 is 12.1 Å². The smallest absolute Gasteiger partial charge is 0.334 e. The summed E-state index contributed by atoms with van der Waals surface area (Å²) in [6.45, 7) is 10.0. The molecule has 0 aromatic heterocycles. The van der Waals surface area contributed by atoms with Gasteiger partial charge in [-0.05, 0) is 97.2 Å². The molecule has 0 aliphatic heterocycles. The van der Waals surface area contributed by atoms with E-state index in [1.807, 2.05) is 6.92 Å². The minimum absolute atomic E-state index is 0.0739. The van der Waals surface area contributed by atoms with Gasteiger partial charge in [-0.1, -0.05) is 34.1 Å². The molecule has 1 N–H and O–H groups in total. The lowest BCUT2D eigenvalue weighted by atomic mass is 9.41. The molecule has 4 rings (SSSR count). The maximum absolute atomic E-state index is 12.2. The molecule has 7 heteroatoms. The average molecular weight is 525 g/mol. The summed E-state index contributed by atoms with van der Waals surface area (Å²) in [5, 5.41) is 10.8. The Morgan fingerprint density at radius 3 is 2.22 bits per heavy atom. The maximum atomic E-state index is 12.2. The number of ether oxygens (including phenoxy) is 5. The molecular formula is C30H52O7. The molecular weight excluding hydrogens is 472 g/mol. The van der Waals surface area contributed by atoms with Gasteiger partial charge in [0.2, 0.25) is 0 Å². The minimum atomic E-state index is -1.07. The Balaban J connectivity index is 1.66. The molecule has 214 valence electrons. The summed E-state index contributed by atoms with van der Waals surface area (Å²) < 4.78 is 28.4. The largest absolute Gasteiger partial charge is 0.467 e. The van der Waals surface area contributed by atoms with Gasteiger partial charge in [-0.3, -0.25) is 0 Å². The topological polar surface area (TPSA) is 83.5 Å². The fraction of sp³-hybridized carbons (Fsp3) is 0.967. The monoisotopic (exact) mass is 524 g/mol. The molecule has 0 radical (unpaired) electrons. The molecule has 7 nitrogen and oxygen atoms in total. The van der Waals surface area contributed by atoms with Crippen LogP contribution in [0.2, 0.25) is 0 Å². The molecule has 37 heavy (non-hydrogen) atoms. The van der Waals surface area contributed by atoms with Crippen LogP contribution < -0.4 is 0 Å². The average Bonchev–Trinajstić information content (AvgIpc) is 3.26. The van der Waals surface area contributed by atoms with Crippen molar-refractivity contribution >= 4 is 5.97 Å². The first-order valence-corrected chi connectivity index (χ1v) is 14.6. The van der Waals surface area contributed by atoms with E-state index in [0.717, 1.165) is 38.5 Å². The van der Waals surface area contributed by atoms with Gasteiger partial charge in [0.1, 0.15) is 13.6 Å². The normalized spacial score (nSPS) is 44.9. The quantitative estimate of drug-likeness (QED) is 0.317. The second-order valence-corrected chi connectivity index (χ2v) is 13.0. The van der Waals surface area contributed by atoms with Crippen LogP contribution in [0.4, 0.5) is 0 Å². The van der Waals surface area contributed by atoms with Crippen LogP contribution >= 0.6 is 0 Å². The first-order chi connectivity index (χ1) is 17.7. The second kappa shape index (κ2) is 11.8. The Morgan fingerprint density at radius 1 is 0.919 bits per heavy atom. The molecule has 0 aromatic carbocycles. The van der Waals surface area contributed by atoms with Crippen LogP contribution in [-0.2, 0) is 28.5 Å². The number of esters is 1. The summed E-state index contributed by atoms with van der Waals surface area (Å²) in [5.41, 5.74) is 0.340. The third-order valence-electron chi connectivity index (χ3n) is 11.8. The molecule has 0 saturated heterocycles. The summed E-state index contributed by atoms with van der Waals surface area (Å²) in [6, 6.07) is 0. The fourth-order valence-electron chi connectivity index (χ4n) is 10.1.